The minimum atomic E-state index is -0.587. The summed E-state index contributed by atoms with van der Waals surface area (Å²) in [5.74, 6) is 0.793. The zero-order chi connectivity index (χ0) is 16.7. The summed E-state index contributed by atoms with van der Waals surface area (Å²) in [5, 5.41) is 20.8. The zero-order valence-corrected chi connectivity index (χ0v) is 14.9. The molecule has 0 amide bonds. The molecule has 23 heavy (non-hydrogen) atoms. The molecule has 0 aliphatic heterocycles. The Morgan fingerprint density at radius 2 is 1.74 bits per heavy atom. The number of hydrogen-bond donors (Lipinski definition) is 2. The Kier molecular flexibility index (Phi) is 3.14. The van der Waals surface area contributed by atoms with Gasteiger partial charge in [0, 0.05) is 0 Å². The van der Waals surface area contributed by atoms with Crippen LogP contribution < -0.4 is 0 Å². The molecule has 4 aliphatic rings. The van der Waals surface area contributed by atoms with Crippen molar-refractivity contribution in [1.82, 2.24) is 0 Å². The lowest BCUT2D eigenvalue weighted by molar-refractivity contribution is -0.181. The molecule has 3 heteroatoms. The first-order valence-electron chi connectivity index (χ1n) is 9.60. The standard InChI is InChI=1S/C20H32O3/c1-17-8-4-9-18(2,16(21)22)14(17)7-10-20-11-13(5-6-15(17)20)19(3,23)12-20/h13-15,23H,4-12H2,1-3H3,(H,21,22)/t13-,14-,15-,17-,18-,19-,20+/m1/s1. The van der Waals surface area contributed by atoms with Gasteiger partial charge in [-0.25, -0.2) is 0 Å². The lowest BCUT2D eigenvalue weighted by Gasteiger charge is -2.63. The Bertz CT molecular complexity index is 541. The van der Waals surface area contributed by atoms with E-state index in [0.29, 0.717) is 17.8 Å². The Balaban J connectivity index is 1.74. The van der Waals surface area contributed by atoms with Gasteiger partial charge in [-0.05, 0) is 93.8 Å². The highest BCUT2D eigenvalue weighted by Gasteiger charge is 2.67. The molecule has 0 aromatic heterocycles. The molecule has 0 radical (unpaired) electrons. The summed E-state index contributed by atoms with van der Waals surface area (Å²) in [5.41, 5.74) is -0.612. The molecule has 4 saturated carbocycles. The number of aliphatic hydroxyl groups is 1. The molecule has 0 unspecified atom stereocenters. The van der Waals surface area contributed by atoms with E-state index in [4.69, 9.17) is 0 Å². The molecule has 4 fully saturated rings. The number of carboxylic acids is 1. The average Bonchev–Trinajstić information content (AvgIpc) is 2.63. The van der Waals surface area contributed by atoms with Crippen molar-refractivity contribution >= 4 is 5.97 Å². The highest BCUT2D eigenvalue weighted by molar-refractivity contribution is 5.75. The Morgan fingerprint density at radius 3 is 2.43 bits per heavy atom. The van der Waals surface area contributed by atoms with E-state index in [-0.39, 0.29) is 10.8 Å². The van der Waals surface area contributed by atoms with Gasteiger partial charge in [0.05, 0.1) is 11.0 Å². The molecule has 1 spiro atoms. The first kappa shape index (κ1) is 15.9. The molecule has 7 atom stereocenters. The van der Waals surface area contributed by atoms with Crippen molar-refractivity contribution in [3.63, 3.8) is 0 Å². The van der Waals surface area contributed by atoms with Crippen LogP contribution in [0, 0.1) is 34.0 Å². The summed E-state index contributed by atoms with van der Waals surface area (Å²) >= 11 is 0. The smallest absolute Gasteiger partial charge is 0.309 e. The summed E-state index contributed by atoms with van der Waals surface area (Å²) in [6.45, 7) is 6.45. The predicted octanol–water partition coefficient (Wildman–Crippen LogP) is 4.23. The van der Waals surface area contributed by atoms with Gasteiger partial charge in [-0.15, -0.1) is 0 Å². The fourth-order valence-corrected chi connectivity index (χ4v) is 8.05. The van der Waals surface area contributed by atoms with Crippen molar-refractivity contribution in [2.45, 2.75) is 84.2 Å². The summed E-state index contributed by atoms with van der Waals surface area (Å²) < 4.78 is 0. The fraction of sp³-hybridized carbons (Fsp3) is 0.950. The number of aliphatic carboxylic acids is 1. The second kappa shape index (κ2) is 4.53. The minimum absolute atomic E-state index is 0.148. The number of carbonyl (C=O) groups is 1. The van der Waals surface area contributed by atoms with E-state index in [0.717, 1.165) is 38.5 Å². The SMILES string of the molecule is C[C@@]12CCC[C@@](C)(C(=O)O)[C@@H]1CC[C@@]13C[C@@H](CC[C@@H]12)[C@](C)(O)C3. The van der Waals surface area contributed by atoms with Gasteiger partial charge in [0.2, 0.25) is 0 Å². The Hall–Kier alpha value is -0.570. The van der Waals surface area contributed by atoms with Crippen LogP contribution in [-0.2, 0) is 4.79 Å². The molecular weight excluding hydrogens is 288 g/mol. The lowest BCUT2D eigenvalue weighted by atomic mass is 9.41. The normalized spacial score (nSPS) is 58.3. The molecule has 3 nitrogen and oxygen atoms in total. The predicted molar refractivity (Wildman–Crippen MR) is 88.9 cm³/mol. The van der Waals surface area contributed by atoms with Crippen molar-refractivity contribution in [2.24, 2.45) is 34.0 Å². The van der Waals surface area contributed by atoms with Crippen LogP contribution >= 0.6 is 0 Å². The Labute approximate surface area is 139 Å². The van der Waals surface area contributed by atoms with Crippen LogP contribution in [0.5, 0.6) is 0 Å². The number of fused-ring (bicyclic) bond motifs is 3. The summed E-state index contributed by atoms with van der Waals surface area (Å²) in [4.78, 5) is 12.1. The molecule has 4 aliphatic carbocycles. The van der Waals surface area contributed by atoms with Crippen LogP contribution in [0.1, 0.15) is 78.6 Å². The molecular formula is C20H32O3. The van der Waals surface area contributed by atoms with Crippen LogP contribution in [0.2, 0.25) is 0 Å². The Morgan fingerprint density at radius 1 is 1.00 bits per heavy atom. The van der Waals surface area contributed by atoms with Crippen molar-refractivity contribution in [2.75, 3.05) is 0 Å². The summed E-state index contributed by atoms with van der Waals surface area (Å²) in [6.07, 6.45) is 9.68. The van der Waals surface area contributed by atoms with Gasteiger partial charge in [-0.1, -0.05) is 13.3 Å². The van der Waals surface area contributed by atoms with Crippen molar-refractivity contribution < 1.29 is 15.0 Å². The van der Waals surface area contributed by atoms with Gasteiger partial charge in [0.25, 0.3) is 0 Å². The van der Waals surface area contributed by atoms with Crippen molar-refractivity contribution in [3.05, 3.63) is 0 Å². The third kappa shape index (κ3) is 1.89. The van der Waals surface area contributed by atoms with Crippen molar-refractivity contribution in [1.29, 1.82) is 0 Å². The van der Waals surface area contributed by atoms with Crippen LogP contribution in [0.25, 0.3) is 0 Å². The fourth-order valence-electron chi connectivity index (χ4n) is 8.05. The number of carboxylic acid groups (broad SMARTS) is 1. The van der Waals surface area contributed by atoms with E-state index in [1.165, 1.54) is 19.3 Å². The first-order chi connectivity index (χ1) is 10.6. The molecule has 0 heterocycles. The lowest BCUT2D eigenvalue weighted by Crippen LogP contribution is -2.58. The van der Waals surface area contributed by atoms with E-state index in [9.17, 15) is 15.0 Å². The summed E-state index contributed by atoms with van der Waals surface area (Å²) in [6, 6.07) is 0. The van der Waals surface area contributed by atoms with Crippen molar-refractivity contribution in [3.8, 4) is 0 Å². The van der Waals surface area contributed by atoms with E-state index < -0.39 is 17.0 Å². The number of hydrogen-bond acceptors (Lipinski definition) is 2. The van der Waals surface area contributed by atoms with E-state index in [1.807, 2.05) is 13.8 Å². The van der Waals surface area contributed by atoms with Gasteiger partial charge >= 0.3 is 5.97 Å². The van der Waals surface area contributed by atoms with Gasteiger partial charge in [-0.2, -0.15) is 0 Å². The second-order valence-electron chi connectivity index (χ2n) is 10.1. The average molecular weight is 320 g/mol. The highest BCUT2D eigenvalue weighted by atomic mass is 16.4. The largest absolute Gasteiger partial charge is 0.481 e. The third-order valence-electron chi connectivity index (χ3n) is 8.98. The maximum Gasteiger partial charge on any atom is 0.309 e. The molecule has 0 saturated heterocycles. The van der Waals surface area contributed by atoms with Gasteiger partial charge in [0.15, 0.2) is 0 Å². The van der Waals surface area contributed by atoms with Gasteiger partial charge in [-0.3, -0.25) is 4.79 Å². The first-order valence-corrected chi connectivity index (χ1v) is 9.60. The maximum absolute atomic E-state index is 12.1. The molecule has 2 bridgehead atoms. The van der Waals surface area contributed by atoms with Gasteiger partial charge in [0.1, 0.15) is 0 Å². The molecule has 130 valence electrons. The number of rotatable bonds is 1. The topological polar surface area (TPSA) is 57.5 Å². The van der Waals surface area contributed by atoms with E-state index >= 15 is 0 Å². The van der Waals surface area contributed by atoms with Crippen LogP contribution in [0.15, 0.2) is 0 Å². The molecule has 0 aromatic carbocycles. The maximum atomic E-state index is 12.1. The van der Waals surface area contributed by atoms with E-state index in [2.05, 4.69) is 6.92 Å². The van der Waals surface area contributed by atoms with Crippen LogP contribution in [-0.4, -0.2) is 21.8 Å². The van der Waals surface area contributed by atoms with Crippen LogP contribution in [0.4, 0.5) is 0 Å². The second-order valence-corrected chi connectivity index (χ2v) is 10.1. The summed E-state index contributed by atoms with van der Waals surface area (Å²) in [7, 11) is 0. The minimum Gasteiger partial charge on any atom is -0.481 e. The molecule has 4 rings (SSSR count). The van der Waals surface area contributed by atoms with Crippen LogP contribution in [0.3, 0.4) is 0 Å². The third-order valence-corrected chi connectivity index (χ3v) is 8.98. The monoisotopic (exact) mass is 320 g/mol. The molecule has 0 aromatic rings. The quantitative estimate of drug-likeness (QED) is 0.760. The van der Waals surface area contributed by atoms with E-state index in [1.54, 1.807) is 0 Å². The van der Waals surface area contributed by atoms with Gasteiger partial charge < -0.3 is 10.2 Å². The zero-order valence-electron chi connectivity index (χ0n) is 14.9. The molecule has 2 N–H and O–H groups in total. The highest BCUT2D eigenvalue weighted by Crippen LogP contribution is 2.72.